The fourth-order valence-corrected chi connectivity index (χ4v) is 4.19. The van der Waals surface area contributed by atoms with Crippen molar-refractivity contribution in [1.82, 2.24) is 19.4 Å². The van der Waals surface area contributed by atoms with Gasteiger partial charge in [0.2, 0.25) is 0 Å². The first kappa shape index (κ1) is 16.9. The van der Waals surface area contributed by atoms with Crippen LogP contribution in [0.1, 0.15) is 51.8 Å². The minimum atomic E-state index is -0.432. The van der Waals surface area contributed by atoms with Crippen LogP contribution in [0.4, 0.5) is 0 Å². The molecule has 2 aliphatic rings. The van der Waals surface area contributed by atoms with Gasteiger partial charge in [0.05, 0.1) is 12.1 Å². The lowest BCUT2D eigenvalue weighted by molar-refractivity contribution is -0.0435. The molecule has 0 radical (unpaired) electrons. The molecule has 0 bridgehead atoms. The van der Waals surface area contributed by atoms with Gasteiger partial charge in [-0.3, -0.25) is 9.80 Å². The van der Waals surface area contributed by atoms with Gasteiger partial charge in [0.25, 0.3) is 0 Å². The molecular weight excluding hydrogens is 288 g/mol. The number of imidazole rings is 1. The van der Waals surface area contributed by atoms with Gasteiger partial charge >= 0.3 is 0 Å². The van der Waals surface area contributed by atoms with E-state index >= 15 is 0 Å². The van der Waals surface area contributed by atoms with Gasteiger partial charge in [-0.2, -0.15) is 0 Å². The van der Waals surface area contributed by atoms with Crippen LogP contribution in [0.5, 0.6) is 0 Å². The number of piperazine rings is 1. The number of aliphatic hydroxyl groups is 1. The molecule has 3 rings (SSSR count). The zero-order valence-electron chi connectivity index (χ0n) is 14.7. The average molecular weight is 320 g/mol. The number of nitrogens with zero attached hydrogens (tertiary/aromatic N) is 4. The van der Waals surface area contributed by atoms with Crippen molar-refractivity contribution in [3.63, 3.8) is 0 Å². The molecule has 1 N–H and O–H groups in total. The Morgan fingerprint density at radius 3 is 2.74 bits per heavy atom. The van der Waals surface area contributed by atoms with E-state index in [0.29, 0.717) is 6.04 Å². The Morgan fingerprint density at radius 2 is 2.04 bits per heavy atom. The summed E-state index contributed by atoms with van der Waals surface area (Å²) >= 11 is 0. The topological polar surface area (TPSA) is 44.5 Å². The first-order valence-electron chi connectivity index (χ1n) is 9.28. The summed E-state index contributed by atoms with van der Waals surface area (Å²) in [6.45, 7) is 10.4. The van der Waals surface area contributed by atoms with Gasteiger partial charge < -0.3 is 9.67 Å². The molecule has 2 fully saturated rings. The van der Waals surface area contributed by atoms with Gasteiger partial charge in [-0.1, -0.05) is 19.3 Å². The maximum atomic E-state index is 10.8. The van der Waals surface area contributed by atoms with Gasteiger partial charge in [-0.05, 0) is 26.7 Å². The largest absolute Gasteiger partial charge is 0.389 e. The first-order chi connectivity index (χ1) is 11.1. The maximum Gasteiger partial charge on any atom is 0.122 e. The highest BCUT2D eigenvalue weighted by atomic mass is 16.3. The van der Waals surface area contributed by atoms with Crippen molar-refractivity contribution >= 4 is 0 Å². The Bertz CT molecular complexity index is 495. The standard InChI is InChI=1S/C18H32N4O/c1-3-21-10-9-19-17(21)14-22-12-11-20(13-16(22)2)15-18(23)7-5-4-6-8-18/h9-10,16,23H,3-8,11-15H2,1-2H3/t16-/m0/s1. The van der Waals surface area contributed by atoms with Crippen molar-refractivity contribution in [2.75, 3.05) is 26.2 Å². The van der Waals surface area contributed by atoms with E-state index in [0.717, 1.165) is 52.1 Å². The summed E-state index contributed by atoms with van der Waals surface area (Å²) in [4.78, 5) is 9.50. The van der Waals surface area contributed by atoms with Crippen molar-refractivity contribution < 1.29 is 5.11 Å². The molecule has 1 aromatic rings. The average Bonchev–Trinajstić information content (AvgIpc) is 2.97. The van der Waals surface area contributed by atoms with Crippen molar-refractivity contribution in [3.05, 3.63) is 18.2 Å². The second-order valence-corrected chi connectivity index (χ2v) is 7.47. The van der Waals surface area contributed by atoms with E-state index in [1.165, 1.54) is 25.1 Å². The summed E-state index contributed by atoms with van der Waals surface area (Å²) in [6.07, 6.45) is 9.59. The zero-order valence-corrected chi connectivity index (χ0v) is 14.7. The SMILES string of the molecule is CCn1ccnc1CN1CCN(CC2(O)CCCCC2)C[C@@H]1C. The number of β-amino-alcohol motifs (C(OH)–C–C–N with tert-alkyl or cyclic N) is 1. The first-order valence-corrected chi connectivity index (χ1v) is 9.28. The van der Waals surface area contributed by atoms with Crippen LogP contribution in [-0.4, -0.2) is 62.3 Å². The van der Waals surface area contributed by atoms with E-state index in [2.05, 4.69) is 39.4 Å². The molecule has 1 saturated carbocycles. The molecule has 23 heavy (non-hydrogen) atoms. The number of aryl methyl sites for hydroxylation is 1. The molecule has 1 aliphatic heterocycles. The maximum absolute atomic E-state index is 10.8. The summed E-state index contributed by atoms with van der Waals surface area (Å²) in [5, 5.41) is 10.8. The molecule has 5 nitrogen and oxygen atoms in total. The third-order valence-corrected chi connectivity index (χ3v) is 5.64. The second kappa shape index (κ2) is 7.32. The van der Waals surface area contributed by atoms with Crippen LogP contribution in [0.25, 0.3) is 0 Å². The highest BCUT2D eigenvalue weighted by Crippen LogP contribution is 2.29. The Kier molecular flexibility index (Phi) is 5.39. The molecule has 0 spiro atoms. The van der Waals surface area contributed by atoms with Gasteiger partial charge in [0.15, 0.2) is 0 Å². The molecule has 1 atom stereocenters. The minimum absolute atomic E-state index is 0.432. The van der Waals surface area contributed by atoms with Crippen LogP contribution < -0.4 is 0 Å². The molecule has 1 aliphatic carbocycles. The molecule has 1 saturated heterocycles. The van der Waals surface area contributed by atoms with Crippen molar-refractivity contribution in [2.24, 2.45) is 0 Å². The Hall–Kier alpha value is -0.910. The van der Waals surface area contributed by atoms with Crippen molar-refractivity contribution in [3.8, 4) is 0 Å². The van der Waals surface area contributed by atoms with E-state index in [1.54, 1.807) is 0 Å². The van der Waals surface area contributed by atoms with E-state index in [9.17, 15) is 5.11 Å². The molecule has 1 aromatic heterocycles. The van der Waals surface area contributed by atoms with Gasteiger partial charge in [0, 0.05) is 51.2 Å². The monoisotopic (exact) mass is 320 g/mol. The quantitative estimate of drug-likeness (QED) is 0.902. The lowest BCUT2D eigenvalue weighted by Gasteiger charge is -2.43. The van der Waals surface area contributed by atoms with Crippen LogP contribution in [0, 0.1) is 0 Å². The van der Waals surface area contributed by atoms with Crippen LogP contribution in [0.3, 0.4) is 0 Å². The molecular formula is C18H32N4O. The van der Waals surface area contributed by atoms with Gasteiger partial charge in [0.1, 0.15) is 5.82 Å². The van der Waals surface area contributed by atoms with E-state index < -0.39 is 5.60 Å². The number of rotatable bonds is 5. The smallest absolute Gasteiger partial charge is 0.122 e. The van der Waals surface area contributed by atoms with E-state index in [4.69, 9.17) is 0 Å². The summed E-state index contributed by atoms with van der Waals surface area (Å²) in [7, 11) is 0. The predicted octanol–water partition coefficient (Wildman–Crippen LogP) is 2.10. The number of aromatic nitrogens is 2. The molecule has 5 heteroatoms. The molecule has 2 heterocycles. The van der Waals surface area contributed by atoms with Crippen LogP contribution in [0.15, 0.2) is 12.4 Å². The predicted molar refractivity (Wildman–Crippen MR) is 92.2 cm³/mol. The Morgan fingerprint density at radius 1 is 1.26 bits per heavy atom. The molecule has 0 unspecified atom stereocenters. The number of hydrogen-bond acceptors (Lipinski definition) is 4. The van der Waals surface area contributed by atoms with Gasteiger partial charge in [-0.15, -0.1) is 0 Å². The summed E-state index contributed by atoms with van der Waals surface area (Å²) < 4.78 is 2.23. The molecule has 130 valence electrons. The second-order valence-electron chi connectivity index (χ2n) is 7.47. The van der Waals surface area contributed by atoms with E-state index in [1.807, 2.05) is 6.20 Å². The summed E-state index contributed by atoms with van der Waals surface area (Å²) in [6, 6.07) is 0.512. The molecule has 0 amide bonds. The summed E-state index contributed by atoms with van der Waals surface area (Å²) in [5.41, 5.74) is -0.432. The number of hydrogen-bond donors (Lipinski definition) is 1. The normalized spacial score (nSPS) is 26.5. The highest BCUT2D eigenvalue weighted by molar-refractivity contribution is 4.95. The fourth-order valence-electron chi connectivity index (χ4n) is 4.19. The highest BCUT2D eigenvalue weighted by Gasteiger charge is 2.34. The summed E-state index contributed by atoms with van der Waals surface area (Å²) in [5.74, 6) is 1.17. The van der Waals surface area contributed by atoms with Crippen LogP contribution in [-0.2, 0) is 13.1 Å². The minimum Gasteiger partial charge on any atom is -0.389 e. The third kappa shape index (κ3) is 4.14. The van der Waals surface area contributed by atoms with Crippen LogP contribution in [0.2, 0.25) is 0 Å². The molecule has 0 aromatic carbocycles. The van der Waals surface area contributed by atoms with Crippen molar-refractivity contribution in [2.45, 2.75) is 70.7 Å². The van der Waals surface area contributed by atoms with Gasteiger partial charge in [-0.25, -0.2) is 4.98 Å². The fraction of sp³-hybridized carbons (Fsp3) is 0.833. The Balaban J connectivity index is 1.53. The third-order valence-electron chi connectivity index (χ3n) is 5.64. The van der Waals surface area contributed by atoms with Crippen LogP contribution >= 0.6 is 0 Å². The van der Waals surface area contributed by atoms with E-state index in [-0.39, 0.29) is 0 Å². The lowest BCUT2D eigenvalue weighted by atomic mass is 9.84. The zero-order chi connectivity index (χ0) is 16.3. The Labute approximate surface area is 140 Å². The van der Waals surface area contributed by atoms with Crippen molar-refractivity contribution in [1.29, 1.82) is 0 Å². The lowest BCUT2D eigenvalue weighted by Crippen LogP contribution is -2.55.